The fraction of sp³-hybridized carbons (Fsp3) is 0.467. The van der Waals surface area contributed by atoms with Gasteiger partial charge in [0.1, 0.15) is 0 Å². The highest BCUT2D eigenvalue weighted by atomic mass is 16.5. The summed E-state index contributed by atoms with van der Waals surface area (Å²) in [4.78, 5) is 3.22. The van der Waals surface area contributed by atoms with E-state index in [2.05, 4.69) is 41.5 Å². The number of hydrogen-bond donors (Lipinski definition) is 2. The smallest absolute Gasteiger partial charge is 0.0592 e. The Morgan fingerprint density at radius 3 is 3.22 bits per heavy atom. The number of fused-ring (bicyclic) bond motifs is 1. The Morgan fingerprint density at radius 2 is 2.33 bits per heavy atom. The molecule has 2 heterocycles. The van der Waals surface area contributed by atoms with Crippen molar-refractivity contribution in [3.8, 4) is 0 Å². The van der Waals surface area contributed by atoms with Crippen LogP contribution in [0.4, 0.5) is 5.69 Å². The van der Waals surface area contributed by atoms with Crippen LogP contribution in [0.15, 0.2) is 30.5 Å². The Bertz CT molecular complexity index is 520. The molecule has 2 N–H and O–H groups in total. The average Bonchev–Trinajstić information content (AvgIpc) is 2.86. The van der Waals surface area contributed by atoms with Crippen molar-refractivity contribution in [2.24, 2.45) is 0 Å². The summed E-state index contributed by atoms with van der Waals surface area (Å²) in [6, 6.07) is 9.14. The Balaban J connectivity index is 1.71. The number of ether oxygens (including phenoxy) is 1. The van der Waals surface area contributed by atoms with Crippen LogP contribution in [0.25, 0.3) is 10.9 Å². The van der Waals surface area contributed by atoms with E-state index in [0.717, 1.165) is 25.9 Å². The third-order valence-electron chi connectivity index (χ3n) is 3.75. The summed E-state index contributed by atoms with van der Waals surface area (Å²) in [5.41, 5.74) is 2.41. The Kier molecular flexibility index (Phi) is 3.24. The van der Waals surface area contributed by atoms with E-state index in [1.807, 2.05) is 6.20 Å². The zero-order valence-electron chi connectivity index (χ0n) is 10.8. The third-order valence-corrected chi connectivity index (χ3v) is 3.75. The zero-order chi connectivity index (χ0) is 12.4. The van der Waals surface area contributed by atoms with Gasteiger partial charge in [-0.05, 0) is 43.5 Å². The summed E-state index contributed by atoms with van der Waals surface area (Å²) < 4.78 is 5.71. The summed E-state index contributed by atoms with van der Waals surface area (Å²) in [5, 5.41) is 4.90. The number of benzene rings is 1. The maximum Gasteiger partial charge on any atom is 0.0592 e. The van der Waals surface area contributed by atoms with Gasteiger partial charge in [0.2, 0.25) is 0 Å². The van der Waals surface area contributed by atoms with Gasteiger partial charge in [0.25, 0.3) is 0 Å². The van der Waals surface area contributed by atoms with Gasteiger partial charge in [-0.3, -0.25) is 0 Å². The van der Waals surface area contributed by atoms with Crippen LogP contribution in [0.5, 0.6) is 0 Å². The average molecular weight is 244 g/mol. The number of aromatic nitrogens is 1. The van der Waals surface area contributed by atoms with Crippen molar-refractivity contribution in [2.75, 3.05) is 11.9 Å². The predicted molar refractivity (Wildman–Crippen MR) is 75.0 cm³/mol. The second kappa shape index (κ2) is 5.02. The van der Waals surface area contributed by atoms with Crippen LogP contribution in [-0.2, 0) is 4.74 Å². The normalized spacial score (nSPS) is 24.3. The van der Waals surface area contributed by atoms with Gasteiger partial charge in [-0.25, -0.2) is 0 Å². The fourth-order valence-corrected chi connectivity index (χ4v) is 2.67. The molecule has 0 amide bonds. The highest BCUT2D eigenvalue weighted by Gasteiger charge is 2.20. The van der Waals surface area contributed by atoms with E-state index in [9.17, 15) is 0 Å². The first-order chi connectivity index (χ1) is 8.85. The van der Waals surface area contributed by atoms with Gasteiger partial charge in [0, 0.05) is 35.4 Å². The summed E-state index contributed by atoms with van der Waals surface area (Å²) in [6.07, 6.45) is 5.72. The topological polar surface area (TPSA) is 37.0 Å². The standard InChI is InChI=1S/C15H20N2O/c1-2-14-10-13(6-8-18-14)17-12-3-4-15-11(9-12)5-7-16-15/h3-5,7,9,13-14,16-17H,2,6,8,10H2,1H3. The summed E-state index contributed by atoms with van der Waals surface area (Å²) >= 11 is 0. The van der Waals surface area contributed by atoms with Crippen molar-refractivity contribution in [1.29, 1.82) is 0 Å². The molecule has 2 unspecified atom stereocenters. The summed E-state index contributed by atoms with van der Waals surface area (Å²) in [6.45, 7) is 3.07. The molecule has 3 nitrogen and oxygen atoms in total. The molecule has 3 heteroatoms. The molecule has 1 aromatic heterocycles. The van der Waals surface area contributed by atoms with Crippen LogP contribution < -0.4 is 5.32 Å². The quantitative estimate of drug-likeness (QED) is 0.866. The first-order valence-corrected chi connectivity index (χ1v) is 6.80. The Morgan fingerprint density at radius 1 is 1.39 bits per heavy atom. The van der Waals surface area contributed by atoms with Gasteiger partial charge in [0.15, 0.2) is 0 Å². The van der Waals surface area contributed by atoms with E-state index >= 15 is 0 Å². The second-order valence-electron chi connectivity index (χ2n) is 5.05. The lowest BCUT2D eigenvalue weighted by atomic mass is 10.0. The number of rotatable bonds is 3. The lowest BCUT2D eigenvalue weighted by Crippen LogP contribution is -2.33. The highest BCUT2D eigenvalue weighted by Crippen LogP contribution is 2.23. The molecule has 18 heavy (non-hydrogen) atoms. The van der Waals surface area contributed by atoms with Crippen molar-refractivity contribution in [3.05, 3.63) is 30.5 Å². The summed E-state index contributed by atoms with van der Waals surface area (Å²) in [5.74, 6) is 0. The lowest BCUT2D eigenvalue weighted by molar-refractivity contribution is 0.00926. The number of anilines is 1. The minimum absolute atomic E-state index is 0.423. The molecule has 2 atom stereocenters. The SMILES string of the molecule is CCC1CC(Nc2ccc3[nH]ccc3c2)CCO1. The van der Waals surface area contributed by atoms with E-state index < -0.39 is 0 Å². The van der Waals surface area contributed by atoms with Crippen molar-refractivity contribution in [2.45, 2.75) is 38.3 Å². The van der Waals surface area contributed by atoms with E-state index in [0.29, 0.717) is 12.1 Å². The van der Waals surface area contributed by atoms with Crippen molar-refractivity contribution in [3.63, 3.8) is 0 Å². The predicted octanol–water partition coefficient (Wildman–Crippen LogP) is 3.54. The van der Waals surface area contributed by atoms with Crippen molar-refractivity contribution >= 4 is 16.6 Å². The second-order valence-corrected chi connectivity index (χ2v) is 5.05. The lowest BCUT2D eigenvalue weighted by Gasteiger charge is -2.30. The van der Waals surface area contributed by atoms with E-state index in [1.165, 1.54) is 16.6 Å². The molecule has 0 aliphatic carbocycles. The van der Waals surface area contributed by atoms with Gasteiger partial charge in [-0.1, -0.05) is 6.92 Å². The number of nitrogens with one attached hydrogen (secondary N) is 2. The van der Waals surface area contributed by atoms with Gasteiger partial charge >= 0.3 is 0 Å². The molecule has 96 valence electrons. The first kappa shape index (κ1) is 11.6. The van der Waals surface area contributed by atoms with E-state index in [1.54, 1.807) is 0 Å². The molecule has 1 fully saturated rings. The fourth-order valence-electron chi connectivity index (χ4n) is 2.67. The van der Waals surface area contributed by atoms with Crippen molar-refractivity contribution in [1.82, 2.24) is 4.98 Å². The number of aromatic amines is 1. The van der Waals surface area contributed by atoms with Crippen LogP contribution in [0.2, 0.25) is 0 Å². The molecule has 0 bridgehead atoms. The molecule has 1 aliphatic rings. The number of H-pyrrole nitrogens is 1. The molecule has 1 aromatic carbocycles. The third kappa shape index (κ3) is 2.36. The van der Waals surface area contributed by atoms with E-state index in [4.69, 9.17) is 4.74 Å². The van der Waals surface area contributed by atoms with Gasteiger partial charge in [-0.2, -0.15) is 0 Å². The summed E-state index contributed by atoms with van der Waals surface area (Å²) in [7, 11) is 0. The highest BCUT2D eigenvalue weighted by molar-refractivity contribution is 5.83. The van der Waals surface area contributed by atoms with E-state index in [-0.39, 0.29) is 0 Å². The molecule has 3 rings (SSSR count). The molecule has 1 aliphatic heterocycles. The molecule has 1 saturated heterocycles. The van der Waals surface area contributed by atoms with Gasteiger partial charge < -0.3 is 15.0 Å². The molecular formula is C15H20N2O. The van der Waals surface area contributed by atoms with Gasteiger partial charge in [0.05, 0.1) is 6.10 Å². The minimum atomic E-state index is 0.423. The first-order valence-electron chi connectivity index (χ1n) is 6.80. The van der Waals surface area contributed by atoms with Crippen LogP contribution in [0, 0.1) is 0 Å². The van der Waals surface area contributed by atoms with Crippen LogP contribution in [0.3, 0.4) is 0 Å². The van der Waals surface area contributed by atoms with Crippen LogP contribution in [-0.4, -0.2) is 23.7 Å². The molecule has 0 spiro atoms. The monoisotopic (exact) mass is 244 g/mol. The number of hydrogen-bond acceptors (Lipinski definition) is 2. The Hall–Kier alpha value is -1.48. The minimum Gasteiger partial charge on any atom is -0.382 e. The largest absolute Gasteiger partial charge is 0.382 e. The zero-order valence-corrected chi connectivity index (χ0v) is 10.8. The Labute approximate surface area is 108 Å². The molecule has 0 radical (unpaired) electrons. The van der Waals surface area contributed by atoms with Crippen LogP contribution >= 0.6 is 0 Å². The maximum atomic E-state index is 5.71. The van der Waals surface area contributed by atoms with Crippen LogP contribution in [0.1, 0.15) is 26.2 Å². The van der Waals surface area contributed by atoms with Gasteiger partial charge in [-0.15, -0.1) is 0 Å². The van der Waals surface area contributed by atoms with Crippen molar-refractivity contribution < 1.29 is 4.74 Å². The molecular weight excluding hydrogens is 224 g/mol. The maximum absolute atomic E-state index is 5.71. The molecule has 2 aromatic rings. The molecule has 0 saturated carbocycles.